The van der Waals surface area contributed by atoms with Crippen molar-refractivity contribution in [3.63, 3.8) is 0 Å². The number of halogens is 2. The smallest absolute Gasteiger partial charge is 0.205 e. The van der Waals surface area contributed by atoms with Gasteiger partial charge >= 0.3 is 0 Å². The third-order valence-electron chi connectivity index (χ3n) is 1.34. The first kappa shape index (κ1) is 8.53. The lowest BCUT2D eigenvalue weighted by molar-refractivity contribution is 0.151. The van der Waals surface area contributed by atoms with Gasteiger partial charge in [0.15, 0.2) is 0 Å². The summed E-state index contributed by atoms with van der Waals surface area (Å²) in [5.74, 6) is 0. The van der Waals surface area contributed by atoms with Crippen LogP contribution in [-0.4, -0.2) is 0 Å². The lowest BCUT2D eigenvalue weighted by atomic mass is 10.1. The maximum Gasteiger partial charge on any atom is 0.263 e. The van der Waals surface area contributed by atoms with Crippen LogP contribution in [0.15, 0.2) is 23.1 Å². The molecule has 0 spiro atoms. The number of rotatable bonds is 1. The largest absolute Gasteiger partial charge is 0.263 e. The van der Waals surface area contributed by atoms with Gasteiger partial charge in [-0.2, -0.15) is 0 Å². The van der Waals surface area contributed by atoms with E-state index in [2.05, 4.69) is 12.6 Å². The molecule has 0 N–H and O–H groups in total. The van der Waals surface area contributed by atoms with Crippen molar-refractivity contribution in [2.45, 2.75) is 18.2 Å². The lowest BCUT2D eigenvalue weighted by Gasteiger charge is -2.01. The van der Waals surface area contributed by atoms with Crippen LogP contribution < -0.4 is 0 Å². The molecule has 3 heteroatoms. The normalized spacial score (nSPS) is 10.6. The first-order chi connectivity index (χ1) is 5.09. The van der Waals surface area contributed by atoms with Gasteiger partial charge in [0.1, 0.15) is 0 Å². The Hall–Kier alpha value is -0.570. The Balaban J connectivity index is 3.08. The van der Waals surface area contributed by atoms with Crippen molar-refractivity contribution in [3.8, 4) is 0 Å². The zero-order valence-electron chi connectivity index (χ0n) is 6.01. The topological polar surface area (TPSA) is 0 Å². The molecule has 0 nitrogen and oxygen atoms in total. The monoisotopic (exact) mass is 174 g/mol. The summed E-state index contributed by atoms with van der Waals surface area (Å²) in [5, 5.41) is 0. The molecule has 0 saturated carbocycles. The fourth-order valence-electron chi connectivity index (χ4n) is 0.918. The Labute approximate surface area is 69.6 Å². The molecule has 0 aliphatic carbocycles. The quantitative estimate of drug-likeness (QED) is 0.621. The molecule has 11 heavy (non-hydrogen) atoms. The van der Waals surface area contributed by atoms with E-state index < -0.39 is 6.43 Å². The van der Waals surface area contributed by atoms with Crippen LogP contribution in [0.25, 0.3) is 0 Å². The van der Waals surface area contributed by atoms with Crippen LogP contribution >= 0.6 is 12.6 Å². The van der Waals surface area contributed by atoms with Crippen molar-refractivity contribution in [2.75, 3.05) is 0 Å². The second-order valence-corrected chi connectivity index (χ2v) is 2.92. The van der Waals surface area contributed by atoms with Gasteiger partial charge in [-0.3, -0.25) is 0 Å². The predicted molar refractivity (Wildman–Crippen MR) is 43.4 cm³/mol. The number of alkyl halides is 2. The maximum absolute atomic E-state index is 12.1. The lowest BCUT2D eigenvalue weighted by Crippen LogP contribution is -1.85. The van der Waals surface area contributed by atoms with Gasteiger partial charge < -0.3 is 0 Å². The van der Waals surface area contributed by atoms with Crippen LogP contribution in [0.3, 0.4) is 0 Å². The SMILES string of the molecule is Cc1cc(S)cc(C(F)F)c1. The van der Waals surface area contributed by atoms with E-state index in [1.54, 1.807) is 13.0 Å². The first-order valence-corrected chi connectivity index (χ1v) is 3.63. The first-order valence-electron chi connectivity index (χ1n) is 3.18. The van der Waals surface area contributed by atoms with Gasteiger partial charge in [0.05, 0.1) is 0 Å². The molecule has 1 aromatic rings. The van der Waals surface area contributed by atoms with Gasteiger partial charge in [0.2, 0.25) is 0 Å². The Morgan fingerprint density at radius 2 is 1.91 bits per heavy atom. The molecule has 0 radical (unpaired) electrons. The fourth-order valence-corrected chi connectivity index (χ4v) is 1.27. The molecule has 0 bridgehead atoms. The number of benzene rings is 1. The van der Waals surface area contributed by atoms with Gasteiger partial charge in [-0.1, -0.05) is 6.07 Å². The van der Waals surface area contributed by atoms with Gasteiger partial charge in [0.25, 0.3) is 6.43 Å². The summed E-state index contributed by atoms with van der Waals surface area (Å²) >= 11 is 3.99. The van der Waals surface area contributed by atoms with Crippen LogP contribution in [0, 0.1) is 6.92 Å². The summed E-state index contributed by atoms with van der Waals surface area (Å²) in [7, 11) is 0. The van der Waals surface area contributed by atoms with E-state index >= 15 is 0 Å². The van der Waals surface area contributed by atoms with Crippen LogP contribution in [-0.2, 0) is 0 Å². The minimum Gasteiger partial charge on any atom is -0.205 e. The Kier molecular flexibility index (Phi) is 2.49. The Morgan fingerprint density at radius 3 is 2.36 bits per heavy atom. The summed E-state index contributed by atoms with van der Waals surface area (Å²) in [4.78, 5) is 0.584. The van der Waals surface area contributed by atoms with E-state index in [4.69, 9.17) is 0 Å². The second-order valence-electron chi connectivity index (χ2n) is 2.40. The molecule has 0 aliphatic heterocycles. The van der Waals surface area contributed by atoms with Crippen molar-refractivity contribution >= 4 is 12.6 Å². The zero-order chi connectivity index (χ0) is 8.43. The summed E-state index contributed by atoms with van der Waals surface area (Å²) in [6.45, 7) is 1.77. The van der Waals surface area contributed by atoms with Gasteiger partial charge in [0, 0.05) is 10.5 Å². The van der Waals surface area contributed by atoms with E-state index in [9.17, 15) is 8.78 Å². The van der Waals surface area contributed by atoms with E-state index in [1.807, 2.05) is 0 Å². The molecule has 0 fully saturated rings. The van der Waals surface area contributed by atoms with Crippen molar-refractivity contribution in [3.05, 3.63) is 29.3 Å². The molecule has 0 atom stereocenters. The highest BCUT2D eigenvalue weighted by Gasteiger charge is 2.06. The molecule has 60 valence electrons. The third kappa shape index (κ3) is 2.19. The molecular weight excluding hydrogens is 166 g/mol. The number of thiol groups is 1. The minimum absolute atomic E-state index is 0.0370. The third-order valence-corrected chi connectivity index (χ3v) is 1.59. The summed E-state index contributed by atoms with van der Waals surface area (Å²) < 4.78 is 24.2. The minimum atomic E-state index is -2.40. The summed E-state index contributed by atoms with van der Waals surface area (Å²) in [6.07, 6.45) is -2.40. The van der Waals surface area contributed by atoms with Crippen LogP contribution in [0.5, 0.6) is 0 Å². The molecule has 0 amide bonds. The molecule has 0 heterocycles. The summed E-state index contributed by atoms with van der Waals surface area (Å²) in [6, 6.07) is 4.58. The zero-order valence-corrected chi connectivity index (χ0v) is 6.91. The fraction of sp³-hybridized carbons (Fsp3) is 0.250. The summed E-state index contributed by atoms with van der Waals surface area (Å²) in [5.41, 5.74) is 0.850. The molecule has 0 saturated heterocycles. The molecule has 0 aromatic heterocycles. The van der Waals surface area contributed by atoms with E-state index in [0.717, 1.165) is 5.56 Å². The number of hydrogen-bond acceptors (Lipinski definition) is 1. The van der Waals surface area contributed by atoms with Gasteiger partial charge in [-0.15, -0.1) is 12.6 Å². The number of aryl methyl sites for hydroxylation is 1. The highest BCUT2D eigenvalue weighted by atomic mass is 32.1. The van der Waals surface area contributed by atoms with E-state index in [1.165, 1.54) is 12.1 Å². The van der Waals surface area contributed by atoms with E-state index in [0.29, 0.717) is 4.90 Å². The number of hydrogen-bond donors (Lipinski definition) is 1. The van der Waals surface area contributed by atoms with E-state index in [-0.39, 0.29) is 5.56 Å². The van der Waals surface area contributed by atoms with Crippen LogP contribution in [0.2, 0.25) is 0 Å². The van der Waals surface area contributed by atoms with Crippen molar-refractivity contribution in [1.29, 1.82) is 0 Å². The second kappa shape index (κ2) is 3.22. The maximum atomic E-state index is 12.1. The van der Waals surface area contributed by atoms with Crippen molar-refractivity contribution in [1.82, 2.24) is 0 Å². The Morgan fingerprint density at radius 1 is 1.27 bits per heavy atom. The highest BCUT2D eigenvalue weighted by molar-refractivity contribution is 7.80. The van der Waals surface area contributed by atoms with Crippen LogP contribution in [0.1, 0.15) is 17.6 Å². The molecule has 1 aromatic carbocycles. The average molecular weight is 174 g/mol. The van der Waals surface area contributed by atoms with Crippen molar-refractivity contribution in [2.24, 2.45) is 0 Å². The average Bonchev–Trinajstić information content (AvgIpc) is 1.85. The predicted octanol–water partition coefficient (Wildman–Crippen LogP) is 3.22. The molecule has 1 rings (SSSR count). The molecule has 0 aliphatic rings. The molecule has 0 unspecified atom stereocenters. The standard InChI is InChI=1S/C8H8F2S/c1-5-2-6(8(9)10)4-7(11)3-5/h2-4,8,11H,1H3. The van der Waals surface area contributed by atoms with Gasteiger partial charge in [-0.25, -0.2) is 8.78 Å². The van der Waals surface area contributed by atoms with Crippen LogP contribution in [0.4, 0.5) is 8.78 Å². The molecular formula is C8H8F2S. The Bertz CT molecular complexity index is 238. The van der Waals surface area contributed by atoms with Crippen molar-refractivity contribution < 1.29 is 8.78 Å². The highest BCUT2D eigenvalue weighted by Crippen LogP contribution is 2.22. The van der Waals surface area contributed by atoms with Gasteiger partial charge in [-0.05, 0) is 24.6 Å².